The van der Waals surface area contributed by atoms with Crippen molar-refractivity contribution in [3.63, 3.8) is 0 Å². The molecule has 0 bridgehead atoms. The van der Waals surface area contributed by atoms with Crippen LogP contribution in [0.15, 0.2) is 22.7 Å². The van der Waals surface area contributed by atoms with E-state index < -0.39 is 0 Å². The minimum atomic E-state index is 0.0339. The molecular formula is C14H19BrClNO. The normalized spacial score (nSPS) is 13.2. The van der Waals surface area contributed by atoms with E-state index in [0.717, 1.165) is 10.2 Å². The smallest absolute Gasteiger partial charge is 0.224 e. The van der Waals surface area contributed by atoms with E-state index in [0.29, 0.717) is 17.4 Å². The SMILES string of the molecule is CC(CC(=O)Nc1ccc(Cl)c(Br)c1)C(C)(C)C. The van der Waals surface area contributed by atoms with Gasteiger partial charge in [-0.25, -0.2) is 0 Å². The fourth-order valence-electron chi connectivity index (χ4n) is 1.37. The van der Waals surface area contributed by atoms with Crippen LogP contribution in [0.3, 0.4) is 0 Å². The molecule has 1 N–H and O–H groups in total. The van der Waals surface area contributed by atoms with Gasteiger partial charge in [0.05, 0.1) is 5.02 Å². The third-order valence-electron chi connectivity index (χ3n) is 3.17. The summed E-state index contributed by atoms with van der Waals surface area (Å²) in [5, 5.41) is 3.52. The average Bonchev–Trinajstić information content (AvgIpc) is 2.22. The van der Waals surface area contributed by atoms with Crippen molar-refractivity contribution in [1.29, 1.82) is 0 Å². The van der Waals surface area contributed by atoms with E-state index in [1.165, 1.54) is 0 Å². The van der Waals surface area contributed by atoms with Crippen LogP contribution in [0.25, 0.3) is 0 Å². The van der Waals surface area contributed by atoms with E-state index in [9.17, 15) is 4.79 Å². The van der Waals surface area contributed by atoms with Gasteiger partial charge in [-0.1, -0.05) is 39.3 Å². The Hall–Kier alpha value is -0.540. The van der Waals surface area contributed by atoms with E-state index in [4.69, 9.17) is 11.6 Å². The van der Waals surface area contributed by atoms with Crippen molar-refractivity contribution in [1.82, 2.24) is 0 Å². The summed E-state index contributed by atoms with van der Waals surface area (Å²) in [6.45, 7) is 8.52. The number of hydrogen-bond acceptors (Lipinski definition) is 1. The summed E-state index contributed by atoms with van der Waals surface area (Å²) in [5.41, 5.74) is 0.898. The van der Waals surface area contributed by atoms with Crippen molar-refractivity contribution in [2.24, 2.45) is 11.3 Å². The van der Waals surface area contributed by atoms with Gasteiger partial charge < -0.3 is 5.32 Å². The number of carbonyl (C=O) groups excluding carboxylic acids is 1. The first kappa shape index (κ1) is 15.5. The summed E-state index contributed by atoms with van der Waals surface area (Å²) in [6, 6.07) is 5.36. The van der Waals surface area contributed by atoms with E-state index >= 15 is 0 Å². The molecule has 0 spiro atoms. The van der Waals surface area contributed by atoms with E-state index in [1.807, 2.05) is 6.07 Å². The van der Waals surface area contributed by atoms with E-state index in [-0.39, 0.29) is 11.3 Å². The maximum Gasteiger partial charge on any atom is 0.224 e. The van der Waals surface area contributed by atoms with Crippen molar-refractivity contribution in [3.8, 4) is 0 Å². The lowest BCUT2D eigenvalue weighted by molar-refractivity contribution is -0.117. The molecule has 1 amide bonds. The molecule has 0 aromatic heterocycles. The molecule has 0 radical (unpaired) electrons. The predicted molar refractivity (Wildman–Crippen MR) is 81.0 cm³/mol. The van der Waals surface area contributed by atoms with Crippen molar-refractivity contribution >= 4 is 39.1 Å². The second-order valence-electron chi connectivity index (χ2n) is 5.65. The molecule has 0 fully saturated rings. The highest BCUT2D eigenvalue weighted by atomic mass is 79.9. The first-order valence-corrected chi connectivity index (χ1v) is 7.12. The number of nitrogens with one attached hydrogen (secondary N) is 1. The number of hydrogen-bond donors (Lipinski definition) is 1. The number of rotatable bonds is 3. The second-order valence-corrected chi connectivity index (χ2v) is 6.91. The molecule has 0 heterocycles. The highest BCUT2D eigenvalue weighted by Crippen LogP contribution is 2.29. The van der Waals surface area contributed by atoms with Gasteiger partial charge in [-0.3, -0.25) is 4.79 Å². The molecule has 1 unspecified atom stereocenters. The van der Waals surface area contributed by atoms with E-state index in [1.54, 1.807) is 12.1 Å². The number of halogens is 2. The van der Waals surface area contributed by atoms with Gasteiger partial charge in [0.25, 0.3) is 0 Å². The van der Waals surface area contributed by atoms with Crippen molar-refractivity contribution < 1.29 is 4.79 Å². The molecule has 0 saturated carbocycles. The summed E-state index contributed by atoms with van der Waals surface area (Å²) in [6.07, 6.45) is 0.518. The Morgan fingerprint density at radius 3 is 2.56 bits per heavy atom. The minimum absolute atomic E-state index is 0.0339. The zero-order chi connectivity index (χ0) is 13.9. The molecule has 0 aliphatic rings. The molecule has 4 heteroatoms. The zero-order valence-electron chi connectivity index (χ0n) is 11.2. The minimum Gasteiger partial charge on any atom is -0.326 e. The fraction of sp³-hybridized carbons (Fsp3) is 0.500. The van der Waals surface area contributed by atoms with Crippen LogP contribution in [0.1, 0.15) is 34.1 Å². The monoisotopic (exact) mass is 331 g/mol. The molecule has 18 heavy (non-hydrogen) atoms. The Kier molecular flexibility index (Phi) is 5.23. The zero-order valence-corrected chi connectivity index (χ0v) is 13.5. The number of benzene rings is 1. The summed E-state index contributed by atoms with van der Waals surface area (Å²) >= 11 is 9.24. The molecule has 0 aliphatic carbocycles. The number of carbonyl (C=O) groups is 1. The number of anilines is 1. The lowest BCUT2D eigenvalue weighted by Gasteiger charge is -2.26. The first-order valence-electron chi connectivity index (χ1n) is 5.95. The topological polar surface area (TPSA) is 29.1 Å². The number of amides is 1. The summed E-state index contributed by atoms with van der Waals surface area (Å²) in [5.74, 6) is 0.361. The Morgan fingerprint density at radius 2 is 2.06 bits per heavy atom. The van der Waals surface area contributed by atoms with Gasteiger partial charge >= 0.3 is 0 Å². The maximum absolute atomic E-state index is 11.9. The lowest BCUT2D eigenvalue weighted by Crippen LogP contribution is -2.23. The quantitative estimate of drug-likeness (QED) is 0.818. The maximum atomic E-state index is 11.9. The predicted octanol–water partition coefficient (Wildman–Crippen LogP) is 5.11. The highest BCUT2D eigenvalue weighted by molar-refractivity contribution is 9.10. The van der Waals surface area contributed by atoms with Crippen molar-refractivity contribution in [3.05, 3.63) is 27.7 Å². The van der Waals surface area contributed by atoms with Crippen LogP contribution in [-0.4, -0.2) is 5.91 Å². The molecule has 0 aliphatic heterocycles. The van der Waals surface area contributed by atoms with Gasteiger partial charge in [0.2, 0.25) is 5.91 Å². The summed E-state index contributed by atoms with van der Waals surface area (Å²) in [4.78, 5) is 11.9. The van der Waals surface area contributed by atoms with Crippen LogP contribution in [0, 0.1) is 11.3 Å². The fourth-order valence-corrected chi connectivity index (χ4v) is 1.87. The molecule has 1 atom stereocenters. The van der Waals surface area contributed by atoms with Crippen LogP contribution in [-0.2, 0) is 4.79 Å². The molecular weight excluding hydrogens is 314 g/mol. The van der Waals surface area contributed by atoms with Crippen LogP contribution in [0.2, 0.25) is 5.02 Å². The highest BCUT2D eigenvalue weighted by Gasteiger charge is 2.22. The van der Waals surface area contributed by atoms with Gasteiger partial charge in [0.1, 0.15) is 0 Å². The third-order valence-corrected chi connectivity index (χ3v) is 4.39. The van der Waals surface area contributed by atoms with Crippen LogP contribution >= 0.6 is 27.5 Å². The van der Waals surface area contributed by atoms with Gasteiger partial charge in [-0.05, 0) is 45.5 Å². The van der Waals surface area contributed by atoms with E-state index in [2.05, 4.69) is 48.9 Å². The summed E-state index contributed by atoms with van der Waals surface area (Å²) in [7, 11) is 0. The van der Waals surface area contributed by atoms with Crippen LogP contribution in [0.4, 0.5) is 5.69 Å². The Bertz CT molecular complexity index is 440. The molecule has 100 valence electrons. The Balaban J connectivity index is 2.62. The van der Waals surface area contributed by atoms with Crippen LogP contribution < -0.4 is 5.32 Å². The molecule has 0 saturated heterocycles. The van der Waals surface area contributed by atoms with Gasteiger partial charge in [-0.2, -0.15) is 0 Å². The lowest BCUT2D eigenvalue weighted by atomic mass is 9.80. The van der Waals surface area contributed by atoms with Gasteiger partial charge in [0.15, 0.2) is 0 Å². The molecule has 1 rings (SSSR count). The van der Waals surface area contributed by atoms with Gasteiger partial charge in [0, 0.05) is 16.6 Å². The largest absolute Gasteiger partial charge is 0.326 e. The second kappa shape index (κ2) is 6.07. The molecule has 1 aromatic carbocycles. The van der Waals surface area contributed by atoms with Crippen molar-refractivity contribution in [2.45, 2.75) is 34.1 Å². The Labute approximate surface area is 122 Å². The van der Waals surface area contributed by atoms with Gasteiger partial charge in [-0.15, -0.1) is 0 Å². The summed E-state index contributed by atoms with van der Waals surface area (Å²) < 4.78 is 0.783. The van der Waals surface area contributed by atoms with Crippen LogP contribution in [0.5, 0.6) is 0 Å². The first-order chi connectivity index (χ1) is 8.20. The third kappa shape index (κ3) is 4.62. The van der Waals surface area contributed by atoms with Crippen molar-refractivity contribution in [2.75, 3.05) is 5.32 Å². The standard InChI is InChI=1S/C14H19BrClNO/c1-9(14(2,3)4)7-13(18)17-10-5-6-12(16)11(15)8-10/h5-6,8-9H,7H2,1-4H3,(H,17,18). The Morgan fingerprint density at radius 1 is 1.44 bits per heavy atom. The average molecular weight is 333 g/mol. The molecule has 2 nitrogen and oxygen atoms in total. The molecule has 1 aromatic rings.